The molecule has 0 fully saturated rings. The quantitative estimate of drug-likeness (QED) is 0.743. The van der Waals surface area contributed by atoms with Crippen molar-refractivity contribution in [1.29, 1.82) is 5.26 Å². The Kier molecular flexibility index (Phi) is 5.75. The molecule has 0 aliphatic heterocycles. The van der Waals surface area contributed by atoms with Gasteiger partial charge < -0.3 is 5.11 Å². The monoisotopic (exact) mass is 318 g/mol. The molecule has 2 N–H and O–H groups in total. The molecule has 0 saturated carbocycles. The van der Waals surface area contributed by atoms with Gasteiger partial charge in [-0.1, -0.05) is 0 Å². The Bertz CT molecular complexity index is 683. The number of aromatic carboxylic acids is 1. The van der Waals surface area contributed by atoms with E-state index in [2.05, 4.69) is 4.72 Å². The highest BCUT2D eigenvalue weighted by atomic mass is 32.2. The summed E-state index contributed by atoms with van der Waals surface area (Å²) in [6.07, 6.45) is 1.09. The zero-order valence-electron chi connectivity index (χ0n) is 10.8. The fraction of sp³-hybridized carbons (Fsp3) is 0.333. The van der Waals surface area contributed by atoms with E-state index in [1.165, 1.54) is 0 Å². The summed E-state index contributed by atoms with van der Waals surface area (Å²) in [4.78, 5) is 9.80. The topological polar surface area (TPSA) is 107 Å². The highest BCUT2D eigenvalue weighted by Gasteiger charge is 2.26. The van der Waals surface area contributed by atoms with Crippen LogP contribution in [0.1, 0.15) is 29.6 Å². The van der Waals surface area contributed by atoms with Crippen LogP contribution in [0.3, 0.4) is 0 Å². The average molecular weight is 318 g/mol. The van der Waals surface area contributed by atoms with Crippen molar-refractivity contribution in [2.75, 3.05) is 6.54 Å². The SMILES string of the molecule is N#CCCCCNS(=O)(=O)c1ccc(F)c(C(=O)O)c1F. The smallest absolute Gasteiger partial charge is 0.341 e. The molecule has 0 radical (unpaired) electrons. The predicted octanol–water partition coefficient (Wildman–Crippen LogP) is 1.64. The molecule has 0 saturated heterocycles. The van der Waals surface area contributed by atoms with Crippen LogP contribution in [0.2, 0.25) is 0 Å². The molecule has 0 unspecified atom stereocenters. The van der Waals surface area contributed by atoms with Gasteiger partial charge in [0.25, 0.3) is 0 Å². The number of halogens is 2. The van der Waals surface area contributed by atoms with Crippen LogP contribution in [0.25, 0.3) is 0 Å². The van der Waals surface area contributed by atoms with Crippen molar-refractivity contribution in [2.24, 2.45) is 0 Å². The highest BCUT2D eigenvalue weighted by molar-refractivity contribution is 7.89. The third-order valence-electron chi connectivity index (χ3n) is 2.57. The van der Waals surface area contributed by atoms with E-state index in [-0.39, 0.29) is 13.0 Å². The maximum atomic E-state index is 13.8. The summed E-state index contributed by atoms with van der Waals surface area (Å²) in [6.45, 7) is -0.0385. The van der Waals surface area contributed by atoms with E-state index in [4.69, 9.17) is 10.4 Å². The largest absolute Gasteiger partial charge is 0.477 e. The Morgan fingerprint density at radius 3 is 2.57 bits per heavy atom. The Labute approximate surface area is 120 Å². The first-order valence-electron chi connectivity index (χ1n) is 5.89. The minimum atomic E-state index is -4.29. The fourth-order valence-corrected chi connectivity index (χ4v) is 2.70. The van der Waals surface area contributed by atoms with E-state index in [0.717, 1.165) is 0 Å². The molecule has 0 aliphatic carbocycles. The molecular formula is C12H12F2N2O4S. The van der Waals surface area contributed by atoms with Gasteiger partial charge in [-0.2, -0.15) is 5.26 Å². The standard InChI is InChI=1S/C12H12F2N2O4S/c13-8-4-5-9(11(14)10(8)12(17)18)21(19,20)16-7-3-1-2-6-15/h4-5,16H,1-3,7H2,(H,17,18). The van der Waals surface area contributed by atoms with Gasteiger partial charge in [0.1, 0.15) is 16.3 Å². The minimum Gasteiger partial charge on any atom is -0.477 e. The van der Waals surface area contributed by atoms with Crippen LogP contribution in [0.15, 0.2) is 17.0 Å². The summed E-state index contributed by atoms with van der Waals surface area (Å²) >= 11 is 0. The molecule has 0 bridgehead atoms. The molecule has 0 aromatic heterocycles. The van der Waals surface area contributed by atoms with E-state index in [1.54, 1.807) is 0 Å². The molecular weight excluding hydrogens is 306 g/mol. The van der Waals surface area contributed by atoms with Gasteiger partial charge in [0.2, 0.25) is 10.0 Å². The molecule has 6 nitrogen and oxygen atoms in total. The lowest BCUT2D eigenvalue weighted by atomic mass is 10.2. The van der Waals surface area contributed by atoms with Gasteiger partial charge in [0, 0.05) is 13.0 Å². The molecule has 0 atom stereocenters. The number of rotatable bonds is 7. The zero-order valence-corrected chi connectivity index (χ0v) is 11.6. The van der Waals surface area contributed by atoms with E-state index in [9.17, 15) is 22.0 Å². The molecule has 0 amide bonds. The minimum absolute atomic E-state index is 0.0385. The van der Waals surface area contributed by atoms with Gasteiger partial charge in [-0.15, -0.1) is 0 Å². The second-order valence-corrected chi connectivity index (χ2v) is 5.79. The van der Waals surface area contributed by atoms with E-state index in [0.29, 0.717) is 25.0 Å². The van der Waals surface area contributed by atoms with Crippen molar-refractivity contribution in [3.05, 3.63) is 29.3 Å². The first-order chi connectivity index (χ1) is 9.81. The first kappa shape index (κ1) is 17.0. The number of hydrogen-bond acceptors (Lipinski definition) is 4. The number of nitriles is 1. The Hall–Kier alpha value is -2.05. The summed E-state index contributed by atoms with van der Waals surface area (Å²) in [5.74, 6) is -4.89. The molecule has 0 aliphatic rings. The number of hydrogen-bond donors (Lipinski definition) is 2. The van der Waals surface area contributed by atoms with Gasteiger partial charge in [-0.3, -0.25) is 0 Å². The van der Waals surface area contributed by atoms with Gasteiger partial charge in [0.05, 0.1) is 6.07 Å². The highest BCUT2D eigenvalue weighted by Crippen LogP contribution is 2.21. The summed E-state index contributed by atoms with van der Waals surface area (Å²) in [5, 5.41) is 17.0. The van der Waals surface area contributed by atoms with Crippen molar-refractivity contribution in [3.63, 3.8) is 0 Å². The average Bonchev–Trinajstić information content (AvgIpc) is 2.37. The Balaban J connectivity index is 2.97. The lowest BCUT2D eigenvalue weighted by Crippen LogP contribution is -2.26. The molecule has 0 spiro atoms. The summed E-state index contributed by atoms with van der Waals surface area (Å²) in [7, 11) is -4.29. The lowest BCUT2D eigenvalue weighted by Gasteiger charge is -2.09. The molecule has 21 heavy (non-hydrogen) atoms. The van der Waals surface area contributed by atoms with E-state index >= 15 is 0 Å². The van der Waals surface area contributed by atoms with Crippen LogP contribution >= 0.6 is 0 Å². The number of carboxylic acids is 1. The molecule has 1 aromatic carbocycles. The summed E-state index contributed by atoms with van der Waals surface area (Å²) in [5.41, 5.74) is -1.32. The number of benzene rings is 1. The molecule has 0 heterocycles. The second-order valence-electron chi connectivity index (χ2n) is 4.05. The van der Waals surface area contributed by atoms with E-state index < -0.39 is 38.1 Å². The molecule has 114 valence electrons. The Morgan fingerprint density at radius 1 is 1.33 bits per heavy atom. The number of sulfonamides is 1. The molecule has 1 aromatic rings. The van der Waals surface area contributed by atoms with Crippen molar-refractivity contribution in [1.82, 2.24) is 4.72 Å². The lowest BCUT2D eigenvalue weighted by molar-refractivity contribution is 0.0685. The zero-order chi connectivity index (χ0) is 16.0. The number of carboxylic acid groups (broad SMARTS) is 1. The van der Waals surface area contributed by atoms with Crippen LogP contribution in [0, 0.1) is 23.0 Å². The van der Waals surface area contributed by atoms with Gasteiger partial charge in [-0.25, -0.2) is 26.7 Å². The van der Waals surface area contributed by atoms with Crippen LogP contribution in [-0.2, 0) is 10.0 Å². The van der Waals surface area contributed by atoms with Crippen LogP contribution in [-0.4, -0.2) is 26.0 Å². The third-order valence-corrected chi connectivity index (χ3v) is 4.04. The van der Waals surface area contributed by atoms with Crippen molar-refractivity contribution in [3.8, 4) is 6.07 Å². The van der Waals surface area contributed by atoms with Crippen molar-refractivity contribution in [2.45, 2.75) is 24.2 Å². The third kappa shape index (κ3) is 4.21. The van der Waals surface area contributed by atoms with Crippen molar-refractivity contribution < 1.29 is 27.1 Å². The van der Waals surface area contributed by atoms with Crippen LogP contribution in [0.4, 0.5) is 8.78 Å². The molecule has 1 rings (SSSR count). The van der Waals surface area contributed by atoms with E-state index in [1.807, 2.05) is 6.07 Å². The number of unbranched alkanes of at least 4 members (excludes halogenated alkanes) is 2. The molecule has 9 heteroatoms. The van der Waals surface area contributed by atoms with Crippen molar-refractivity contribution >= 4 is 16.0 Å². The maximum Gasteiger partial charge on any atom is 0.341 e. The number of nitrogens with one attached hydrogen (secondary N) is 1. The maximum absolute atomic E-state index is 13.8. The Morgan fingerprint density at radius 2 is 2.00 bits per heavy atom. The summed E-state index contributed by atoms with van der Waals surface area (Å²) < 4.78 is 52.8. The van der Waals surface area contributed by atoms with Gasteiger partial charge in [0.15, 0.2) is 5.82 Å². The second kappa shape index (κ2) is 7.10. The number of nitrogens with zero attached hydrogens (tertiary/aromatic N) is 1. The number of carbonyl (C=O) groups is 1. The van der Waals surface area contributed by atoms with Gasteiger partial charge >= 0.3 is 5.97 Å². The fourth-order valence-electron chi connectivity index (χ4n) is 1.55. The van der Waals surface area contributed by atoms with Crippen LogP contribution < -0.4 is 4.72 Å². The normalized spacial score (nSPS) is 11.1. The summed E-state index contributed by atoms with van der Waals surface area (Å²) in [6, 6.07) is 3.13. The van der Waals surface area contributed by atoms with Crippen LogP contribution in [0.5, 0.6) is 0 Å². The first-order valence-corrected chi connectivity index (χ1v) is 7.37. The predicted molar refractivity (Wildman–Crippen MR) is 68.0 cm³/mol. The van der Waals surface area contributed by atoms with Gasteiger partial charge in [-0.05, 0) is 25.0 Å².